The first kappa shape index (κ1) is 16.6. The zero-order chi connectivity index (χ0) is 16.4. The number of hydrogen-bond donors (Lipinski definition) is 1. The highest BCUT2D eigenvalue weighted by Crippen LogP contribution is 2.36. The van der Waals surface area contributed by atoms with E-state index in [-0.39, 0.29) is 5.41 Å². The zero-order valence-electron chi connectivity index (χ0n) is 14.2. The normalized spacial score (nSPS) is 12.5. The van der Waals surface area contributed by atoms with E-state index in [4.69, 9.17) is 0 Å². The summed E-state index contributed by atoms with van der Waals surface area (Å²) >= 11 is 0. The molecule has 0 aliphatic heterocycles. The number of nitrogens with zero attached hydrogens (tertiary/aromatic N) is 2. The third kappa shape index (κ3) is 3.53. The summed E-state index contributed by atoms with van der Waals surface area (Å²) in [5, 5.41) is 11.4. The van der Waals surface area contributed by atoms with Crippen LogP contribution < -0.4 is 0 Å². The standard InChI is InChI=1S/C19H26N2O/c1-14-8-6-10-20-16(14)12-19(22,18(3,4)5)13-17-15(2)9-7-11-21-17/h6-11,22H,12-13H2,1-5H3. The Labute approximate surface area is 133 Å². The van der Waals surface area contributed by atoms with Gasteiger partial charge in [0.25, 0.3) is 0 Å². The average Bonchev–Trinajstić information content (AvgIpc) is 2.43. The largest absolute Gasteiger partial charge is 0.389 e. The summed E-state index contributed by atoms with van der Waals surface area (Å²) in [6.07, 6.45) is 4.63. The number of aryl methyl sites for hydroxylation is 2. The van der Waals surface area contributed by atoms with Crippen molar-refractivity contribution in [3.63, 3.8) is 0 Å². The van der Waals surface area contributed by atoms with Gasteiger partial charge in [-0.1, -0.05) is 32.9 Å². The van der Waals surface area contributed by atoms with Gasteiger partial charge in [0.15, 0.2) is 0 Å². The van der Waals surface area contributed by atoms with Gasteiger partial charge in [-0.05, 0) is 42.5 Å². The molecule has 0 saturated heterocycles. The molecule has 0 aliphatic carbocycles. The molecule has 0 atom stereocenters. The fourth-order valence-electron chi connectivity index (χ4n) is 2.55. The fourth-order valence-corrected chi connectivity index (χ4v) is 2.55. The molecule has 0 radical (unpaired) electrons. The van der Waals surface area contributed by atoms with Crippen LogP contribution in [-0.4, -0.2) is 20.7 Å². The topological polar surface area (TPSA) is 46.0 Å². The van der Waals surface area contributed by atoms with Crippen LogP contribution in [0, 0.1) is 19.3 Å². The van der Waals surface area contributed by atoms with Gasteiger partial charge in [-0.3, -0.25) is 9.97 Å². The smallest absolute Gasteiger partial charge is 0.0806 e. The molecule has 2 aromatic rings. The third-order valence-corrected chi connectivity index (χ3v) is 4.55. The zero-order valence-corrected chi connectivity index (χ0v) is 14.2. The molecule has 0 aromatic carbocycles. The summed E-state index contributed by atoms with van der Waals surface area (Å²) in [6.45, 7) is 10.3. The van der Waals surface area contributed by atoms with Gasteiger partial charge in [-0.25, -0.2) is 0 Å². The first-order chi connectivity index (χ1) is 10.2. The van der Waals surface area contributed by atoms with Gasteiger partial charge in [-0.15, -0.1) is 0 Å². The van der Waals surface area contributed by atoms with Crippen LogP contribution in [0.25, 0.3) is 0 Å². The minimum atomic E-state index is -0.898. The molecule has 2 heterocycles. The molecule has 0 unspecified atom stereocenters. The fraction of sp³-hybridized carbons (Fsp3) is 0.474. The molecule has 22 heavy (non-hydrogen) atoms. The van der Waals surface area contributed by atoms with Gasteiger partial charge in [0.2, 0.25) is 0 Å². The SMILES string of the molecule is Cc1cccnc1CC(O)(Cc1ncccc1C)C(C)(C)C. The quantitative estimate of drug-likeness (QED) is 0.937. The molecular weight excluding hydrogens is 272 g/mol. The van der Waals surface area contributed by atoms with E-state index in [0.29, 0.717) is 12.8 Å². The van der Waals surface area contributed by atoms with E-state index in [1.54, 1.807) is 12.4 Å². The van der Waals surface area contributed by atoms with Crippen molar-refractivity contribution in [2.45, 2.75) is 53.1 Å². The van der Waals surface area contributed by atoms with Crippen LogP contribution in [0.4, 0.5) is 0 Å². The second-order valence-electron chi connectivity index (χ2n) is 7.17. The highest BCUT2D eigenvalue weighted by Gasteiger charge is 2.41. The molecule has 0 fully saturated rings. The van der Waals surface area contributed by atoms with Gasteiger partial charge in [-0.2, -0.15) is 0 Å². The maximum atomic E-state index is 11.4. The van der Waals surface area contributed by atoms with Crippen molar-refractivity contribution in [2.75, 3.05) is 0 Å². The monoisotopic (exact) mass is 298 g/mol. The summed E-state index contributed by atoms with van der Waals surface area (Å²) < 4.78 is 0. The number of hydrogen-bond acceptors (Lipinski definition) is 3. The second-order valence-corrected chi connectivity index (χ2v) is 7.17. The minimum absolute atomic E-state index is 0.277. The maximum Gasteiger partial charge on any atom is 0.0806 e. The highest BCUT2D eigenvalue weighted by atomic mass is 16.3. The summed E-state index contributed by atoms with van der Waals surface area (Å²) in [6, 6.07) is 7.94. The second kappa shape index (κ2) is 6.17. The molecular formula is C19H26N2O. The van der Waals surface area contributed by atoms with Crippen molar-refractivity contribution in [2.24, 2.45) is 5.41 Å². The Hall–Kier alpha value is -1.74. The number of aliphatic hydroxyl groups is 1. The Bertz CT molecular complexity index is 596. The van der Waals surface area contributed by atoms with Crippen molar-refractivity contribution >= 4 is 0 Å². The molecule has 1 N–H and O–H groups in total. The van der Waals surface area contributed by atoms with Crippen LogP contribution in [-0.2, 0) is 12.8 Å². The molecule has 0 spiro atoms. The summed E-state index contributed by atoms with van der Waals surface area (Å²) in [5.41, 5.74) is 2.96. The predicted molar refractivity (Wildman–Crippen MR) is 89.8 cm³/mol. The first-order valence-electron chi connectivity index (χ1n) is 7.76. The van der Waals surface area contributed by atoms with Crippen molar-refractivity contribution in [1.29, 1.82) is 0 Å². The van der Waals surface area contributed by atoms with E-state index in [9.17, 15) is 5.11 Å². The van der Waals surface area contributed by atoms with E-state index in [0.717, 1.165) is 22.5 Å². The van der Waals surface area contributed by atoms with Gasteiger partial charge in [0, 0.05) is 36.6 Å². The molecule has 3 nitrogen and oxygen atoms in total. The van der Waals surface area contributed by atoms with Crippen LogP contribution in [0.3, 0.4) is 0 Å². The lowest BCUT2D eigenvalue weighted by molar-refractivity contribution is -0.0585. The third-order valence-electron chi connectivity index (χ3n) is 4.55. The lowest BCUT2D eigenvalue weighted by atomic mass is 9.70. The van der Waals surface area contributed by atoms with Gasteiger partial charge >= 0.3 is 0 Å². The number of pyridine rings is 2. The number of rotatable bonds is 4. The predicted octanol–water partition coefficient (Wildman–Crippen LogP) is 3.66. The molecule has 118 valence electrons. The van der Waals surface area contributed by atoms with E-state index in [1.165, 1.54) is 0 Å². The lowest BCUT2D eigenvalue weighted by Crippen LogP contribution is -2.47. The van der Waals surface area contributed by atoms with E-state index in [1.807, 2.05) is 38.1 Å². The molecule has 0 aliphatic rings. The Morgan fingerprint density at radius 1 is 0.864 bits per heavy atom. The van der Waals surface area contributed by atoms with Crippen LogP contribution in [0.5, 0.6) is 0 Å². The highest BCUT2D eigenvalue weighted by molar-refractivity contribution is 5.24. The minimum Gasteiger partial charge on any atom is -0.389 e. The maximum absolute atomic E-state index is 11.4. The van der Waals surface area contributed by atoms with Gasteiger partial charge in [0.1, 0.15) is 0 Å². The van der Waals surface area contributed by atoms with Gasteiger partial charge in [0.05, 0.1) is 5.60 Å². The molecule has 3 heteroatoms. The van der Waals surface area contributed by atoms with E-state index >= 15 is 0 Å². The van der Waals surface area contributed by atoms with Crippen LogP contribution in [0.1, 0.15) is 43.3 Å². The number of aromatic nitrogens is 2. The van der Waals surface area contributed by atoms with Crippen molar-refractivity contribution in [3.05, 3.63) is 59.2 Å². The van der Waals surface area contributed by atoms with Crippen LogP contribution in [0.15, 0.2) is 36.7 Å². The lowest BCUT2D eigenvalue weighted by Gasteiger charge is -2.40. The first-order valence-corrected chi connectivity index (χ1v) is 7.76. The Kier molecular flexibility index (Phi) is 4.66. The van der Waals surface area contributed by atoms with Crippen LogP contribution >= 0.6 is 0 Å². The molecule has 0 saturated carbocycles. The summed E-state index contributed by atoms with van der Waals surface area (Å²) in [4.78, 5) is 8.92. The Morgan fingerprint density at radius 2 is 1.27 bits per heavy atom. The molecule has 2 rings (SSSR count). The molecule has 2 aromatic heterocycles. The summed E-state index contributed by atoms with van der Waals surface area (Å²) in [5.74, 6) is 0. The van der Waals surface area contributed by atoms with Crippen molar-refractivity contribution < 1.29 is 5.11 Å². The Balaban J connectivity index is 2.37. The van der Waals surface area contributed by atoms with E-state index in [2.05, 4.69) is 30.7 Å². The van der Waals surface area contributed by atoms with Crippen molar-refractivity contribution in [1.82, 2.24) is 9.97 Å². The van der Waals surface area contributed by atoms with Crippen molar-refractivity contribution in [3.8, 4) is 0 Å². The molecule has 0 bridgehead atoms. The molecule has 0 amide bonds. The Morgan fingerprint density at radius 3 is 1.59 bits per heavy atom. The van der Waals surface area contributed by atoms with E-state index < -0.39 is 5.60 Å². The van der Waals surface area contributed by atoms with Crippen LogP contribution in [0.2, 0.25) is 0 Å². The van der Waals surface area contributed by atoms with Gasteiger partial charge < -0.3 is 5.11 Å². The average molecular weight is 298 g/mol. The summed E-state index contributed by atoms with van der Waals surface area (Å²) in [7, 11) is 0.